The Bertz CT molecular complexity index is 524. The van der Waals surface area contributed by atoms with Crippen LogP contribution in [0.5, 0.6) is 0 Å². The van der Waals surface area contributed by atoms with Crippen molar-refractivity contribution in [3.05, 3.63) is 28.0 Å². The molecule has 2 heterocycles. The van der Waals surface area contributed by atoms with Crippen molar-refractivity contribution >= 4 is 23.0 Å². The van der Waals surface area contributed by atoms with Gasteiger partial charge in [-0.3, -0.25) is 0 Å². The number of anilines is 2. The number of nitrogens with zero attached hydrogens (tertiary/aromatic N) is 3. The topological polar surface area (TPSA) is 62.7 Å². The Balaban J connectivity index is 2.02. The summed E-state index contributed by atoms with van der Waals surface area (Å²) in [7, 11) is 0. The molecule has 0 fully saturated rings. The van der Waals surface area contributed by atoms with Crippen LogP contribution >= 0.6 is 11.3 Å². The maximum absolute atomic E-state index is 4.45. The molecular formula is C13H19N5S. The predicted molar refractivity (Wildman–Crippen MR) is 80.0 cm³/mol. The molecule has 0 saturated carbocycles. The molecule has 2 aromatic heterocycles. The summed E-state index contributed by atoms with van der Waals surface area (Å²) in [5, 5.41) is 8.70. The maximum Gasteiger partial charge on any atom is 0.134 e. The first-order valence-electron chi connectivity index (χ1n) is 6.40. The molecule has 0 aliphatic rings. The fraction of sp³-hybridized carbons (Fsp3) is 0.462. The molecule has 0 aliphatic heterocycles. The summed E-state index contributed by atoms with van der Waals surface area (Å²) in [5.41, 5.74) is 4.04. The molecule has 5 nitrogen and oxygen atoms in total. The van der Waals surface area contributed by atoms with Gasteiger partial charge in [-0.1, -0.05) is 0 Å². The van der Waals surface area contributed by atoms with Crippen LogP contribution in [0.2, 0.25) is 0 Å². The third-order valence-electron chi connectivity index (χ3n) is 2.76. The van der Waals surface area contributed by atoms with E-state index in [4.69, 9.17) is 0 Å². The van der Waals surface area contributed by atoms with Crippen molar-refractivity contribution in [3.8, 4) is 0 Å². The summed E-state index contributed by atoms with van der Waals surface area (Å²) in [4.78, 5) is 13.1. The summed E-state index contributed by atoms with van der Waals surface area (Å²) in [6.45, 7) is 7.68. The van der Waals surface area contributed by atoms with E-state index in [0.717, 1.165) is 48.2 Å². The molecule has 2 rings (SSSR count). The smallest absolute Gasteiger partial charge is 0.134 e. The molecule has 6 heteroatoms. The minimum absolute atomic E-state index is 0.776. The minimum Gasteiger partial charge on any atom is -0.370 e. The highest BCUT2D eigenvalue weighted by Gasteiger charge is 2.08. The van der Waals surface area contributed by atoms with E-state index in [-0.39, 0.29) is 0 Å². The Morgan fingerprint density at radius 1 is 1.16 bits per heavy atom. The Hall–Kier alpha value is -1.69. The Morgan fingerprint density at radius 3 is 2.53 bits per heavy atom. The summed E-state index contributed by atoms with van der Waals surface area (Å²) in [6.07, 6.45) is 0.905. The Morgan fingerprint density at radius 2 is 1.89 bits per heavy atom. The Labute approximate surface area is 117 Å². The van der Waals surface area contributed by atoms with E-state index in [1.54, 1.807) is 11.3 Å². The van der Waals surface area contributed by atoms with Crippen LogP contribution in [0.25, 0.3) is 0 Å². The van der Waals surface area contributed by atoms with Crippen LogP contribution in [-0.4, -0.2) is 28.0 Å². The lowest BCUT2D eigenvalue weighted by Crippen LogP contribution is -2.12. The predicted octanol–water partition coefficient (Wildman–Crippen LogP) is 2.64. The summed E-state index contributed by atoms with van der Waals surface area (Å²) < 4.78 is 0. The van der Waals surface area contributed by atoms with Gasteiger partial charge in [-0.25, -0.2) is 15.0 Å². The molecular weight excluding hydrogens is 258 g/mol. The summed E-state index contributed by atoms with van der Waals surface area (Å²) in [5.74, 6) is 2.59. The Kier molecular flexibility index (Phi) is 4.68. The van der Waals surface area contributed by atoms with Gasteiger partial charge in [0.15, 0.2) is 0 Å². The second kappa shape index (κ2) is 6.47. The number of hydrogen-bond acceptors (Lipinski definition) is 6. The molecule has 0 atom stereocenters. The molecule has 2 aromatic rings. The minimum atomic E-state index is 0.776. The molecule has 2 N–H and O–H groups in total. The van der Waals surface area contributed by atoms with E-state index in [1.165, 1.54) is 0 Å². The van der Waals surface area contributed by atoms with Crippen LogP contribution in [0.15, 0.2) is 10.9 Å². The van der Waals surface area contributed by atoms with E-state index in [0.29, 0.717) is 0 Å². The van der Waals surface area contributed by atoms with Gasteiger partial charge in [0.1, 0.15) is 17.5 Å². The molecule has 0 aromatic carbocycles. The second-order valence-corrected chi connectivity index (χ2v) is 5.00. The van der Waals surface area contributed by atoms with Gasteiger partial charge in [-0.2, -0.15) is 0 Å². The van der Waals surface area contributed by atoms with Crippen molar-refractivity contribution in [2.45, 2.75) is 27.2 Å². The average Bonchev–Trinajstić information content (AvgIpc) is 2.88. The van der Waals surface area contributed by atoms with E-state index in [1.807, 2.05) is 19.4 Å². The lowest BCUT2D eigenvalue weighted by Gasteiger charge is -2.13. The molecule has 0 saturated heterocycles. The van der Waals surface area contributed by atoms with Crippen molar-refractivity contribution in [2.24, 2.45) is 0 Å². The lowest BCUT2D eigenvalue weighted by molar-refractivity contribution is 0.945. The fourth-order valence-corrected chi connectivity index (χ4v) is 2.40. The zero-order valence-electron chi connectivity index (χ0n) is 11.5. The largest absolute Gasteiger partial charge is 0.370 e. The molecule has 19 heavy (non-hydrogen) atoms. The highest BCUT2D eigenvalue weighted by Crippen LogP contribution is 2.19. The standard InChI is InChI=1S/C13H19N5S/c1-4-14-12-9(2)13(18-10(3)17-12)15-6-5-11-7-19-8-16-11/h7-8H,4-6H2,1-3H3,(H2,14,15,17,18). The molecule has 0 unspecified atom stereocenters. The number of aryl methyl sites for hydroxylation is 1. The first-order valence-corrected chi connectivity index (χ1v) is 7.35. The fourth-order valence-electron chi connectivity index (χ4n) is 1.81. The first kappa shape index (κ1) is 13.7. The molecule has 0 spiro atoms. The van der Waals surface area contributed by atoms with Crippen molar-refractivity contribution < 1.29 is 0 Å². The van der Waals surface area contributed by atoms with Gasteiger partial charge in [-0.15, -0.1) is 11.3 Å². The zero-order valence-corrected chi connectivity index (χ0v) is 12.3. The van der Waals surface area contributed by atoms with Gasteiger partial charge in [0.05, 0.1) is 11.2 Å². The monoisotopic (exact) mass is 277 g/mol. The van der Waals surface area contributed by atoms with E-state index < -0.39 is 0 Å². The maximum atomic E-state index is 4.45. The average molecular weight is 277 g/mol. The van der Waals surface area contributed by atoms with E-state index in [2.05, 4.69) is 37.9 Å². The first-order chi connectivity index (χ1) is 9.20. The van der Waals surface area contributed by atoms with Crippen LogP contribution in [-0.2, 0) is 6.42 Å². The van der Waals surface area contributed by atoms with Gasteiger partial charge in [0.25, 0.3) is 0 Å². The number of thiazole rings is 1. The number of rotatable bonds is 6. The molecule has 0 bridgehead atoms. The van der Waals surface area contributed by atoms with E-state index >= 15 is 0 Å². The third-order valence-corrected chi connectivity index (χ3v) is 3.39. The molecule has 0 aliphatic carbocycles. The van der Waals surface area contributed by atoms with Gasteiger partial charge in [0.2, 0.25) is 0 Å². The number of aromatic nitrogens is 3. The summed E-state index contributed by atoms with van der Waals surface area (Å²) in [6, 6.07) is 0. The molecule has 102 valence electrons. The molecule has 0 amide bonds. The third kappa shape index (κ3) is 3.64. The van der Waals surface area contributed by atoms with Crippen LogP contribution in [0.3, 0.4) is 0 Å². The van der Waals surface area contributed by atoms with Crippen LogP contribution in [0.4, 0.5) is 11.6 Å². The normalized spacial score (nSPS) is 10.5. The second-order valence-electron chi connectivity index (χ2n) is 4.28. The SMILES string of the molecule is CCNc1nc(C)nc(NCCc2cscn2)c1C. The lowest BCUT2D eigenvalue weighted by atomic mass is 10.3. The number of nitrogens with one attached hydrogen (secondary N) is 2. The van der Waals surface area contributed by atoms with Crippen LogP contribution in [0, 0.1) is 13.8 Å². The van der Waals surface area contributed by atoms with Crippen molar-refractivity contribution in [1.82, 2.24) is 15.0 Å². The highest BCUT2D eigenvalue weighted by atomic mass is 32.1. The summed E-state index contributed by atoms with van der Waals surface area (Å²) >= 11 is 1.63. The highest BCUT2D eigenvalue weighted by molar-refractivity contribution is 7.07. The van der Waals surface area contributed by atoms with Crippen molar-refractivity contribution in [3.63, 3.8) is 0 Å². The van der Waals surface area contributed by atoms with Crippen molar-refractivity contribution in [2.75, 3.05) is 23.7 Å². The van der Waals surface area contributed by atoms with Gasteiger partial charge in [0, 0.05) is 30.5 Å². The van der Waals surface area contributed by atoms with Crippen LogP contribution < -0.4 is 10.6 Å². The van der Waals surface area contributed by atoms with Gasteiger partial charge < -0.3 is 10.6 Å². The number of hydrogen-bond donors (Lipinski definition) is 2. The van der Waals surface area contributed by atoms with Crippen LogP contribution in [0.1, 0.15) is 24.0 Å². The quantitative estimate of drug-likeness (QED) is 0.850. The zero-order chi connectivity index (χ0) is 13.7. The van der Waals surface area contributed by atoms with Gasteiger partial charge >= 0.3 is 0 Å². The van der Waals surface area contributed by atoms with Crippen molar-refractivity contribution in [1.29, 1.82) is 0 Å². The molecule has 0 radical (unpaired) electrons. The van der Waals surface area contributed by atoms with E-state index in [9.17, 15) is 0 Å². The van der Waals surface area contributed by atoms with Gasteiger partial charge in [-0.05, 0) is 20.8 Å².